The topological polar surface area (TPSA) is 20.3 Å². The maximum Gasteiger partial charge on any atom is 0.235 e. The standard InChI is InChI=1S/C12H12ClNO/c1-8-12(5-6-12)11(15)14(8)10-4-2-3-9(13)7-10/h2-4,7-8H,5-6H2,1H3. The van der Waals surface area contributed by atoms with Crippen LogP contribution in [0.5, 0.6) is 0 Å². The SMILES string of the molecule is CC1N(c2cccc(Cl)c2)C(=O)C12CC2. The quantitative estimate of drug-likeness (QED) is 0.668. The van der Waals surface area contributed by atoms with Gasteiger partial charge >= 0.3 is 0 Å². The first-order valence-corrected chi connectivity index (χ1v) is 5.62. The third-order valence-corrected chi connectivity index (χ3v) is 3.94. The molecule has 3 heteroatoms. The third kappa shape index (κ3) is 1.08. The Kier molecular flexibility index (Phi) is 1.70. The summed E-state index contributed by atoms with van der Waals surface area (Å²) in [6.07, 6.45) is 2.12. The van der Waals surface area contributed by atoms with Crippen molar-refractivity contribution in [1.82, 2.24) is 0 Å². The molecule has 1 saturated carbocycles. The van der Waals surface area contributed by atoms with Crippen LogP contribution in [-0.4, -0.2) is 11.9 Å². The van der Waals surface area contributed by atoms with E-state index in [2.05, 4.69) is 6.92 Å². The highest BCUT2D eigenvalue weighted by Crippen LogP contribution is 2.59. The Morgan fingerprint density at radius 1 is 1.47 bits per heavy atom. The first kappa shape index (κ1) is 9.22. The van der Waals surface area contributed by atoms with Gasteiger partial charge in [-0.3, -0.25) is 4.79 Å². The number of halogens is 1. The maximum absolute atomic E-state index is 12.0. The average Bonchev–Trinajstić information content (AvgIpc) is 3.00. The molecular weight excluding hydrogens is 210 g/mol. The highest BCUT2D eigenvalue weighted by molar-refractivity contribution is 6.31. The van der Waals surface area contributed by atoms with Gasteiger partial charge < -0.3 is 4.90 Å². The smallest absolute Gasteiger partial charge is 0.235 e. The van der Waals surface area contributed by atoms with E-state index in [9.17, 15) is 4.79 Å². The van der Waals surface area contributed by atoms with Crippen molar-refractivity contribution >= 4 is 23.2 Å². The lowest BCUT2D eigenvalue weighted by Crippen LogP contribution is -2.61. The van der Waals surface area contributed by atoms with Crippen LogP contribution in [0.1, 0.15) is 19.8 Å². The summed E-state index contributed by atoms with van der Waals surface area (Å²) in [7, 11) is 0. The molecule has 1 spiro atoms. The van der Waals surface area contributed by atoms with E-state index in [1.54, 1.807) is 0 Å². The van der Waals surface area contributed by atoms with Crippen molar-refractivity contribution in [3.8, 4) is 0 Å². The molecule has 3 rings (SSSR count). The number of nitrogens with zero attached hydrogens (tertiary/aromatic N) is 1. The van der Waals surface area contributed by atoms with Crippen LogP contribution in [-0.2, 0) is 4.79 Å². The van der Waals surface area contributed by atoms with Crippen LogP contribution in [0.4, 0.5) is 5.69 Å². The van der Waals surface area contributed by atoms with Gasteiger partial charge in [0.25, 0.3) is 0 Å². The largest absolute Gasteiger partial charge is 0.308 e. The lowest BCUT2D eigenvalue weighted by molar-refractivity contribution is -0.131. The predicted molar refractivity (Wildman–Crippen MR) is 60.1 cm³/mol. The fraction of sp³-hybridized carbons (Fsp3) is 0.417. The minimum atomic E-state index is 0.00230. The molecule has 1 aliphatic heterocycles. The summed E-state index contributed by atoms with van der Waals surface area (Å²) in [5.74, 6) is 0.275. The van der Waals surface area contributed by atoms with Gasteiger partial charge in [0.2, 0.25) is 5.91 Å². The van der Waals surface area contributed by atoms with Gasteiger partial charge in [-0.15, -0.1) is 0 Å². The van der Waals surface area contributed by atoms with Crippen molar-refractivity contribution < 1.29 is 4.79 Å². The van der Waals surface area contributed by atoms with Crippen molar-refractivity contribution in [3.05, 3.63) is 29.3 Å². The summed E-state index contributed by atoms with van der Waals surface area (Å²) >= 11 is 5.91. The summed E-state index contributed by atoms with van der Waals surface area (Å²) in [6, 6.07) is 7.84. The Labute approximate surface area is 93.8 Å². The molecule has 0 N–H and O–H groups in total. The molecule has 78 valence electrons. The Bertz CT molecular complexity index is 439. The first-order valence-electron chi connectivity index (χ1n) is 5.24. The zero-order chi connectivity index (χ0) is 10.6. The molecule has 0 radical (unpaired) electrons. The zero-order valence-electron chi connectivity index (χ0n) is 8.53. The zero-order valence-corrected chi connectivity index (χ0v) is 9.29. The Hall–Kier alpha value is -1.02. The van der Waals surface area contributed by atoms with Gasteiger partial charge in [-0.2, -0.15) is 0 Å². The summed E-state index contributed by atoms with van der Waals surface area (Å²) in [4.78, 5) is 13.8. The number of β-lactam (4-membered cyclic amide) rings is 1. The van der Waals surface area contributed by atoms with Crippen LogP contribution in [0.3, 0.4) is 0 Å². The second-order valence-corrected chi connectivity index (χ2v) is 4.92. The molecule has 1 aliphatic carbocycles. The van der Waals surface area contributed by atoms with E-state index < -0.39 is 0 Å². The van der Waals surface area contributed by atoms with Crippen molar-refractivity contribution in [2.24, 2.45) is 5.41 Å². The Morgan fingerprint density at radius 3 is 2.73 bits per heavy atom. The van der Waals surface area contributed by atoms with E-state index in [0.29, 0.717) is 11.1 Å². The van der Waals surface area contributed by atoms with Gasteiger partial charge in [-0.1, -0.05) is 17.7 Å². The average molecular weight is 222 g/mol. The van der Waals surface area contributed by atoms with Crippen LogP contribution in [0, 0.1) is 5.41 Å². The number of rotatable bonds is 1. The van der Waals surface area contributed by atoms with E-state index in [-0.39, 0.29) is 11.3 Å². The summed E-state index contributed by atoms with van der Waals surface area (Å²) < 4.78 is 0. The first-order chi connectivity index (χ1) is 7.15. The van der Waals surface area contributed by atoms with Crippen molar-refractivity contribution in [2.75, 3.05) is 4.90 Å². The summed E-state index contributed by atoms with van der Waals surface area (Å²) in [5.41, 5.74) is 0.931. The van der Waals surface area contributed by atoms with Gasteiger partial charge in [-0.05, 0) is 38.0 Å². The molecule has 1 aromatic rings. The number of carbonyl (C=O) groups excluding carboxylic acids is 1. The van der Waals surface area contributed by atoms with Crippen LogP contribution in [0.25, 0.3) is 0 Å². The predicted octanol–water partition coefficient (Wildman–Crippen LogP) is 2.86. The van der Waals surface area contributed by atoms with Crippen LogP contribution in [0.15, 0.2) is 24.3 Å². The maximum atomic E-state index is 12.0. The van der Waals surface area contributed by atoms with E-state index in [4.69, 9.17) is 11.6 Å². The molecule has 15 heavy (non-hydrogen) atoms. The van der Waals surface area contributed by atoms with Crippen LogP contribution >= 0.6 is 11.6 Å². The molecule has 1 saturated heterocycles. The highest BCUT2D eigenvalue weighted by Gasteiger charge is 2.66. The molecule has 1 unspecified atom stereocenters. The minimum absolute atomic E-state index is 0.00230. The monoisotopic (exact) mass is 221 g/mol. The molecule has 2 nitrogen and oxygen atoms in total. The number of hydrogen-bond donors (Lipinski definition) is 0. The number of carbonyl (C=O) groups is 1. The third-order valence-electron chi connectivity index (χ3n) is 3.71. The highest BCUT2D eigenvalue weighted by atomic mass is 35.5. The van der Waals surface area contributed by atoms with Crippen molar-refractivity contribution in [3.63, 3.8) is 0 Å². The second-order valence-electron chi connectivity index (χ2n) is 4.49. The number of hydrogen-bond acceptors (Lipinski definition) is 1. The molecule has 1 amide bonds. The second kappa shape index (κ2) is 2.76. The molecule has 1 aromatic carbocycles. The number of anilines is 1. The van der Waals surface area contributed by atoms with E-state index in [1.807, 2.05) is 29.2 Å². The number of amides is 1. The van der Waals surface area contributed by atoms with E-state index >= 15 is 0 Å². The molecule has 2 aliphatic rings. The lowest BCUT2D eigenvalue weighted by atomic mass is 9.84. The molecular formula is C12H12ClNO. The Balaban J connectivity index is 1.93. The molecule has 1 atom stereocenters. The fourth-order valence-electron chi connectivity index (χ4n) is 2.51. The van der Waals surface area contributed by atoms with Crippen molar-refractivity contribution in [1.29, 1.82) is 0 Å². The summed E-state index contributed by atoms with van der Waals surface area (Å²) in [6.45, 7) is 2.12. The normalized spacial score (nSPS) is 26.7. The summed E-state index contributed by atoms with van der Waals surface area (Å²) in [5, 5.41) is 0.684. The van der Waals surface area contributed by atoms with Gasteiger partial charge in [0.1, 0.15) is 0 Å². The van der Waals surface area contributed by atoms with Crippen molar-refractivity contribution in [2.45, 2.75) is 25.8 Å². The van der Waals surface area contributed by atoms with Gasteiger partial charge in [0.05, 0.1) is 5.41 Å². The lowest BCUT2D eigenvalue weighted by Gasteiger charge is -2.46. The van der Waals surface area contributed by atoms with Crippen LogP contribution in [0.2, 0.25) is 5.02 Å². The van der Waals surface area contributed by atoms with Gasteiger partial charge in [0, 0.05) is 16.8 Å². The Morgan fingerprint density at radius 2 is 2.20 bits per heavy atom. The molecule has 2 fully saturated rings. The van der Waals surface area contributed by atoms with E-state index in [1.165, 1.54) is 0 Å². The van der Waals surface area contributed by atoms with Gasteiger partial charge in [0.15, 0.2) is 0 Å². The fourth-order valence-corrected chi connectivity index (χ4v) is 2.69. The van der Waals surface area contributed by atoms with E-state index in [0.717, 1.165) is 18.5 Å². The minimum Gasteiger partial charge on any atom is -0.308 e. The molecule has 1 heterocycles. The molecule has 0 aromatic heterocycles. The van der Waals surface area contributed by atoms with Gasteiger partial charge in [-0.25, -0.2) is 0 Å². The number of benzene rings is 1. The molecule has 0 bridgehead atoms. The van der Waals surface area contributed by atoms with Crippen LogP contribution < -0.4 is 4.90 Å².